The first-order chi connectivity index (χ1) is 9.03. The standard InChI is InChI=1S/C14H22N2O3/c1-10(2)16(6-5-15)14(17)11-7-12(18-3)9-13(8-11)19-4/h7-10H,5-6,15H2,1-4H3. The fourth-order valence-corrected chi connectivity index (χ4v) is 1.83. The van der Waals surface area contributed by atoms with E-state index in [9.17, 15) is 4.79 Å². The lowest BCUT2D eigenvalue weighted by atomic mass is 10.1. The predicted molar refractivity (Wildman–Crippen MR) is 74.8 cm³/mol. The molecule has 0 aliphatic carbocycles. The van der Waals surface area contributed by atoms with Crippen LogP contribution in [0, 0.1) is 0 Å². The highest BCUT2D eigenvalue weighted by Gasteiger charge is 2.19. The number of nitrogens with zero attached hydrogens (tertiary/aromatic N) is 1. The van der Waals surface area contributed by atoms with Gasteiger partial charge in [0.2, 0.25) is 0 Å². The molecule has 0 fully saturated rings. The second-order valence-electron chi connectivity index (χ2n) is 4.48. The molecular formula is C14H22N2O3. The number of hydrogen-bond donors (Lipinski definition) is 1. The Bertz CT molecular complexity index is 410. The quantitative estimate of drug-likeness (QED) is 0.847. The number of nitrogens with two attached hydrogens (primary N) is 1. The maximum atomic E-state index is 12.5. The monoisotopic (exact) mass is 266 g/mol. The van der Waals surface area contributed by atoms with E-state index in [4.69, 9.17) is 15.2 Å². The Balaban J connectivity index is 3.09. The maximum Gasteiger partial charge on any atom is 0.254 e. The van der Waals surface area contributed by atoms with E-state index < -0.39 is 0 Å². The van der Waals surface area contributed by atoms with Crippen LogP contribution in [0.25, 0.3) is 0 Å². The van der Waals surface area contributed by atoms with Crippen LogP contribution in [-0.2, 0) is 0 Å². The van der Waals surface area contributed by atoms with Crippen LogP contribution in [0.2, 0.25) is 0 Å². The fraction of sp³-hybridized carbons (Fsp3) is 0.500. The van der Waals surface area contributed by atoms with E-state index >= 15 is 0 Å². The van der Waals surface area contributed by atoms with Crippen molar-refractivity contribution in [2.75, 3.05) is 27.3 Å². The zero-order valence-electron chi connectivity index (χ0n) is 12.0. The molecule has 0 atom stereocenters. The van der Waals surface area contributed by atoms with Gasteiger partial charge in [-0.05, 0) is 26.0 Å². The lowest BCUT2D eigenvalue weighted by Gasteiger charge is -2.26. The van der Waals surface area contributed by atoms with Crippen LogP contribution in [0.4, 0.5) is 0 Å². The molecule has 0 heterocycles. The first-order valence-corrected chi connectivity index (χ1v) is 6.27. The molecule has 0 saturated carbocycles. The third-order valence-corrected chi connectivity index (χ3v) is 2.85. The van der Waals surface area contributed by atoms with E-state index in [1.54, 1.807) is 37.3 Å². The molecular weight excluding hydrogens is 244 g/mol. The van der Waals surface area contributed by atoms with Gasteiger partial charge in [-0.3, -0.25) is 4.79 Å². The summed E-state index contributed by atoms with van der Waals surface area (Å²) in [7, 11) is 3.12. The first-order valence-electron chi connectivity index (χ1n) is 6.27. The topological polar surface area (TPSA) is 64.8 Å². The van der Waals surface area contributed by atoms with Gasteiger partial charge in [-0.1, -0.05) is 0 Å². The van der Waals surface area contributed by atoms with E-state index in [1.165, 1.54) is 0 Å². The van der Waals surface area contributed by atoms with E-state index in [2.05, 4.69) is 0 Å². The molecule has 0 saturated heterocycles. The van der Waals surface area contributed by atoms with Crippen LogP contribution in [-0.4, -0.2) is 44.2 Å². The normalized spacial score (nSPS) is 10.4. The minimum atomic E-state index is -0.0716. The molecule has 1 aromatic rings. The second-order valence-corrected chi connectivity index (χ2v) is 4.48. The van der Waals surface area contributed by atoms with Gasteiger partial charge in [0, 0.05) is 30.8 Å². The number of carbonyl (C=O) groups excluding carboxylic acids is 1. The molecule has 0 aliphatic rings. The SMILES string of the molecule is COc1cc(OC)cc(C(=O)N(CCN)C(C)C)c1. The van der Waals surface area contributed by atoms with Crippen molar-refractivity contribution < 1.29 is 14.3 Å². The highest BCUT2D eigenvalue weighted by Crippen LogP contribution is 2.23. The van der Waals surface area contributed by atoms with Gasteiger partial charge in [0.15, 0.2) is 0 Å². The predicted octanol–water partition coefficient (Wildman–Crippen LogP) is 1.51. The Labute approximate surface area is 114 Å². The van der Waals surface area contributed by atoms with Gasteiger partial charge in [0.1, 0.15) is 11.5 Å². The van der Waals surface area contributed by atoms with Gasteiger partial charge in [0.05, 0.1) is 14.2 Å². The summed E-state index contributed by atoms with van der Waals surface area (Å²) in [6.45, 7) is 4.89. The van der Waals surface area contributed by atoms with Crippen molar-refractivity contribution in [3.63, 3.8) is 0 Å². The smallest absolute Gasteiger partial charge is 0.254 e. The Morgan fingerprint density at radius 1 is 1.21 bits per heavy atom. The molecule has 0 unspecified atom stereocenters. The summed E-state index contributed by atoms with van der Waals surface area (Å²) in [4.78, 5) is 14.2. The number of ether oxygens (including phenoxy) is 2. The van der Waals surface area contributed by atoms with Crippen LogP contribution in [0.3, 0.4) is 0 Å². The molecule has 1 amide bonds. The molecule has 0 bridgehead atoms. The molecule has 0 aliphatic heterocycles. The van der Waals surface area contributed by atoms with Gasteiger partial charge in [-0.2, -0.15) is 0 Å². The zero-order valence-corrected chi connectivity index (χ0v) is 12.0. The largest absolute Gasteiger partial charge is 0.497 e. The Kier molecular flexibility index (Phi) is 5.63. The summed E-state index contributed by atoms with van der Waals surface area (Å²) in [5, 5.41) is 0. The van der Waals surface area contributed by atoms with Crippen molar-refractivity contribution in [1.82, 2.24) is 4.90 Å². The summed E-state index contributed by atoms with van der Waals surface area (Å²) >= 11 is 0. The van der Waals surface area contributed by atoms with Gasteiger partial charge < -0.3 is 20.1 Å². The molecule has 1 rings (SSSR count). The molecule has 0 spiro atoms. The summed E-state index contributed by atoms with van der Waals surface area (Å²) in [6, 6.07) is 5.24. The van der Waals surface area contributed by atoms with Gasteiger partial charge in [0.25, 0.3) is 5.91 Å². The number of methoxy groups -OCH3 is 2. The molecule has 1 aromatic carbocycles. The lowest BCUT2D eigenvalue weighted by molar-refractivity contribution is 0.0711. The summed E-state index contributed by atoms with van der Waals surface area (Å²) in [5.41, 5.74) is 6.09. The van der Waals surface area contributed by atoms with Crippen molar-refractivity contribution in [3.8, 4) is 11.5 Å². The van der Waals surface area contributed by atoms with Crippen molar-refractivity contribution in [1.29, 1.82) is 0 Å². The fourth-order valence-electron chi connectivity index (χ4n) is 1.83. The minimum absolute atomic E-state index is 0.0716. The third-order valence-electron chi connectivity index (χ3n) is 2.85. The van der Waals surface area contributed by atoms with Crippen molar-refractivity contribution in [2.24, 2.45) is 5.73 Å². The van der Waals surface area contributed by atoms with E-state index in [1.807, 2.05) is 13.8 Å². The van der Waals surface area contributed by atoms with E-state index in [-0.39, 0.29) is 11.9 Å². The number of rotatable bonds is 6. The summed E-state index contributed by atoms with van der Waals surface area (Å²) < 4.78 is 10.3. The van der Waals surface area contributed by atoms with Gasteiger partial charge in [-0.15, -0.1) is 0 Å². The number of carbonyl (C=O) groups is 1. The Morgan fingerprint density at radius 3 is 2.11 bits per heavy atom. The van der Waals surface area contributed by atoms with Gasteiger partial charge in [-0.25, -0.2) is 0 Å². The van der Waals surface area contributed by atoms with Crippen LogP contribution >= 0.6 is 0 Å². The molecule has 19 heavy (non-hydrogen) atoms. The second kappa shape index (κ2) is 6.99. The number of benzene rings is 1. The molecule has 5 heteroatoms. The average molecular weight is 266 g/mol. The maximum absolute atomic E-state index is 12.5. The zero-order chi connectivity index (χ0) is 14.4. The van der Waals surface area contributed by atoms with Crippen LogP contribution in [0.15, 0.2) is 18.2 Å². The van der Waals surface area contributed by atoms with E-state index in [0.29, 0.717) is 30.2 Å². The average Bonchev–Trinajstić information content (AvgIpc) is 2.42. The number of hydrogen-bond acceptors (Lipinski definition) is 4. The van der Waals surface area contributed by atoms with Crippen LogP contribution < -0.4 is 15.2 Å². The molecule has 0 aromatic heterocycles. The summed E-state index contributed by atoms with van der Waals surface area (Å²) in [5.74, 6) is 1.12. The highest BCUT2D eigenvalue weighted by atomic mass is 16.5. The lowest BCUT2D eigenvalue weighted by Crippen LogP contribution is -2.40. The highest BCUT2D eigenvalue weighted by molar-refractivity contribution is 5.95. The Morgan fingerprint density at radius 2 is 1.74 bits per heavy atom. The molecule has 0 radical (unpaired) electrons. The third kappa shape index (κ3) is 3.86. The van der Waals surface area contributed by atoms with Crippen molar-refractivity contribution >= 4 is 5.91 Å². The molecule has 2 N–H and O–H groups in total. The molecule has 5 nitrogen and oxygen atoms in total. The van der Waals surface area contributed by atoms with Crippen molar-refractivity contribution in [3.05, 3.63) is 23.8 Å². The number of amides is 1. The van der Waals surface area contributed by atoms with Crippen molar-refractivity contribution in [2.45, 2.75) is 19.9 Å². The van der Waals surface area contributed by atoms with E-state index in [0.717, 1.165) is 0 Å². The molecule has 106 valence electrons. The first kappa shape index (κ1) is 15.3. The summed E-state index contributed by atoms with van der Waals surface area (Å²) in [6.07, 6.45) is 0. The minimum Gasteiger partial charge on any atom is -0.497 e. The van der Waals surface area contributed by atoms with Crippen LogP contribution in [0.1, 0.15) is 24.2 Å². The Hall–Kier alpha value is -1.75. The van der Waals surface area contributed by atoms with Gasteiger partial charge >= 0.3 is 0 Å². The van der Waals surface area contributed by atoms with Crippen LogP contribution in [0.5, 0.6) is 11.5 Å².